The Morgan fingerprint density at radius 2 is 1.83 bits per heavy atom. The maximum absolute atomic E-state index is 14.0. The van der Waals surface area contributed by atoms with Crippen LogP contribution in [0.5, 0.6) is 0 Å². The molecule has 1 aliphatic heterocycles. The van der Waals surface area contributed by atoms with Crippen molar-refractivity contribution in [2.75, 3.05) is 18.0 Å². The predicted molar refractivity (Wildman–Crippen MR) is 141 cm³/mol. The van der Waals surface area contributed by atoms with Gasteiger partial charge in [-0.25, -0.2) is 0 Å². The quantitative estimate of drug-likeness (QED) is 0.407. The fourth-order valence-corrected chi connectivity index (χ4v) is 4.84. The number of anilines is 1. The Bertz CT molecular complexity index is 1290. The standard InChI is InChI=1S/C30H32N4O/c1-22-10-12-23(13-11-22)16-17-31-29(24-7-4-3-5-8-24)30(35)34-18-6-9-26-19-25(14-15-28(26)34)27-20-32-33(2)21-27/h3-5,7-8,10-15,19-21,29,31H,6,9,16-18H2,1-2H3/t29-/m0/s1. The highest BCUT2D eigenvalue weighted by molar-refractivity contribution is 5.99. The molecular weight excluding hydrogens is 432 g/mol. The Morgan fingerprint density at radius 3 is 2.57 bits per heavy atom. The molecule has 5 heteroatoms. The zero-order valence-electron chi connectivity index (χ0n) is 20.4. The molecule has 0 spiro atoms. The average Bonchev–Trinajstić information content (AvgIpc) is 3.33. The van der Waals surface area contributed by atoms with Crippen LogP contribution < -0.4 is 10.2 Å². The second-order valence-corrected chi connectivity index (χ2v) is 9.37. The molecule has 5 nitrogen and oxygen atoms in total. The second kappa shape index (κ2) is 10.3. The Balaban J connectivity index is 1.37. The van der Waals surface area contributed by atoms with Crippen LogP contribution >= 0.6 is 0 Å². The lowest BCUT2D eigenvalue weighted by molar-refractivity contribution is -0.120. The van der Waals surface area contributed by atoms with Crippen molar-refractivity contribution in [2.45, 2.75) is 32.2 Å². The van der Waals surface area contributed by atoms with Crippen molar-refractivity contribution in [1.82, 2.24) is 15.1 Å². The zero-order valence-corrected chi connectivity index (χ0v) is 20.4. The van der Waals surface area contributed by atoms with Crippen LogP contribution in [0.2, 0.25) is 0 Å². The molecule has 0 unspecified atom stereocenters. The highest BCUT2D eigenvalue weighted by Gasteiger charge is 2.29. The molecule has 0 radical (unpaired) electrons. The van der Waals surface area contributed by atoms with Crippen LogP contribution in [0.4, 0.5) is 5.69 Å². The smallest absolute Gasteiger partial charge is 0.248 e. The van der Waals surface area contributed by atoms with E-state index in [2.05, 4.69) is 59.8 Å². The van der Waals surface area contributed by atoms with Gasteiger partial charge in [0.15, 0.2) is 0 Å². The van der Waals surface area contributed by atoms with Gasteiger partial charge in [0.25, 0.3) is 0 Å². The van der Waals surface area contributed by atoms with Crippen molar-refractivity contribution >= 4 is 11.6 Å². The Morgan fingerprint density at radius 1 is 1.03 bits per heavy atom. The fraction of sp³-hybridized carbons (Fsp3) is 0.267. The number of hydrogen-bond acceptors (Lipinski definition) is 3. The minimum Gasteiger partial charge on any atom is -0.310 e. The molecule has 1 amide bonds. The molecule has 2 heterocycles. The number of nitrogens with one attached hydrogen (secondary N) is 1. The van der Waals surface area contributed by atoms with E-state index in [9.17, 15) is 4.79 Å². The summed E-state index contributed by atoms with van der Waals surface area (Å²) in [4.78, 5) is 15.9. The molecule has 4 aromatic rings. The lowest BCUT2D eigenvalue weighted by Crippen LogP contribution is -2.44. The van der Waals surface area contributed by atoms with Gasteiger partial charge in [-0.3, -0.25) is 9.48 Å². The van der Waals surface area contributed by atoms with Crippen LogP contribution in [-0.2, 0) is 24.7 Å². The first kappa shape index (κ1) is 23.1. The third-order valence-corrected chi connectivity index (χ3v) is 6.76. The van der Waals surface area contributed by atoms with E-state index < -0.39 is 0 Å². The number of nitrogens with zero attached hydrogens (tertiary/aromatic N) is 3. The number of carbonyl (C=O) groups excluding carboxylic acids is 1. The van der Waals surface area contributed by atoms with Crippen LogP contribution in [0, 0.1) is 6.92 Å². The summed E-state index contributed by atoms with van der Waals surface area (Å²) in [5.74, 6) is 0.107. The third kappa shape index (κ3) is 5.20. The van der Waals surface area contributed by atoms with Crippen molar-refractivity contribution in [3.8, 4) is 11.1 Å². The summed E-state index contributed by atoms with van der Waals surface area (Å²) in [5.41, 5.74) is 8.01. The molecule has 0 saturated heterocycles. The normalized spacial score (nSPS) is 13.9. The molecule has 178 valence electrons. The summed E-state index contributed by atoms with van der Waals surface area (Å²) < 4.78 is 1.82. The van der Waals surface area contributed by atoms with Gasteiger partial charge in [0.05, 0.1) is 6.20 Å². The summed E-state index contributed by atoms with van der Waals surface area (Å²) >= 11 is 0. The molecule has 0 aliphatic carbocycles. The van der Waals surface area contributed by atoms with E-state index in [1.165, 1.54) is 16.7 Å². The van der Waals surface area contributed by atoms with Gasteiger partial charge >= 0.3 is 0 Å². The van der Waals surface area contributed by atoms with Gasteiger partial charge in [-0.05, 0) is 60.6 Å². The van der Waals surface area contributed by atoms with Crippen LogP contribution in [-0.4, -0.2) is 28.8 Å². The van der Waals surface area contributed by atoms with Gasteiger partial charge in [0.2, 0.25) is 5.91 Å². The lowest BCUT2D eigenvalue weighted by Gasteiger charge is -2.33. The number of fused-ring (bicyclic) bond motifs is 1. The monoisotopic (exact) mass is 464 g/mol. The largest absolute Gasteiger partial charge is 0.310 e. The number of carbonyl (C=O) groups is 1. The summed E-state index contributed by atoms with van der Waals surface area (Å²) in [6.07, 6.45) is 6.72. The first-order valence-electron chi connectivity index (χ1n) is 12.4. The maximum Gasteiger partial charge on any atom is 0.248 e. The summed E-state index contributed by atoms with van der Waals surface area (Å²) in [7, 11) is 1.93. The Kier molecular flexibility index (Phi) is 6.77. The molecule has 1 aliphatic rings. The third-order valence-electron chi connectivity index (χ3n) is 6.76. The molecule has 1 N–H and O–H groups in total. The van der Waals surface area contributed by atoms with E-state index in [1.807, 2.05) is 59.4 Å². The van der Waals surface area contributed by atoms with E-state index in [0.717, 1.165) is 54.7 Å². The molecule has 0 bridgehead atoms. The zero-order chi connectivity index (χ0) is 24.2. The van der Waals surface area contributed by atoms with Gasteiger partial charge in [0.1, 0.15) is 6.04 Å². The molecule has 3 aromatic carbocycles. The van der Waals surface area contributed by atoms with Crippen molar-refractivity contribution in [2.24, 2.45) is 7.05 Å². The molecule has 0 saturated carbocycles. The summed E-state index contributed by atoms with van der Waals surface area (Å²) in [6, 6.07) is 24.7. The number of amides is 1. The Labute approximate surface area is 207 Å². The molecule has 1 atom stereocenters. The lowest BCUT2D eigenvalue weighted by atomic mass is 9.96. The molecule has 1 aromatic heterocycles. The average molecular weight is 465 g/mol. The summed E-state index contributed by atoms with van der Waals surface area (Å²) in [6.45, 7) is 3.57. The number of aromatic nitrogens is 2. The first-order chi connectivity index (χ1) is 17.1. The van der Waals surface area contributed by atoms with Gasteiger partial charge < -0.3 is 10.2 Å². The predicted octanol–water partition coefficient (Wildman–Crippen LogP) is 5.25. The SMILES string of the molecule is Cc1ccc(CCN[C@H](C(=O)N2CCCc3cc(-c4cnn(C)c4)ccc32)c2ccccc2)cc1. The van der Waals surface area contributed by atoms with E-state index in [4.69, 9.17) is 0 Å². The molecular formula is C30H32N4O. The van der Waals surface area contributed by atoms with Crippen LogP contribution in [0.1, 0.15) is 34.7 Å². The minimum atomic E-state index is -0.384. The van der Waals surface area contributed by atoms with E-state index in [-0.39, 0.29) is 11.9 Å². The number of rotatable bonds is 7. The topological polar surface area (TPSA) is 50.2 Å². The summed E-state index contributed by atoms with van der Waals surface area (Å²) in [5, 5.41) is 7.87. The first-order valence-corrected chi connectivity index (χ1v) is 12.4. The van der Waals surface area contributed by atoms with Crippen molar-refractivity contribution in [3.63, 3.8) is 0 Å². The second-order valence-electron chi connectivity index (χ2n) is 9.37. The highest BCUT2D eigenvalue weighted by atomic mass is 16.2. The van der Waals surface area contributed by atoms with Crippen LogP contribution in [0.25, 0.3) is 11.1 Å². The van der Waals surface area contributed by atoms with Crippen molar-refractivity contribution in [3.05, 3.63) is 107 Å². The van der Waals surface area contributed by atoms with Gasteiger partial charge in [0, 0.05) is 37.6 Å². The number of benzene rings is 3. The van der Waals surface area contributed by atoms with E-state index in [1.54, 1.807) is 0 Å². The van der Waals surface area contributed by atoms with Crippen molar-refractivity contribution < 1.29 is 4.79 Å². The van der Waals surface area contributed by atoms with Crippen LogP contribution in [0.15, 0.2) is 85.2 Å². The van der Waals surface area contributed by atoms with Gasteiger partial charge in [-0.1, -0.05) is 66.2 Å². The molecule has 35 heavy (non-hydrogen) atoms. The maximum atomic E-state index is 14.0. The van der Waals surface area contributed by atoms with E-state index >= 15 is 0 Å². The van der Waals surface area contributed by atoms with E-state index in [0.29, 0.717) is 0 Å². The molecule has 0 fully saturated rings. The minimum absolute atomic E-state index is 0.107. The highest BCUT2D eigenvalue weighted by Crippen LogP contribution is 2.33. The number of hydrogen-bond donors (Lipinski definition) is 1. The number of aryl methyl sites for hydroxylation is 3. The van der Waals surface area contributed by atoms with Crippen LogP contribution in [0.3, 0.4) is 0 Å². The van der Waals surface area contributed by atoms with Gasteiger partial charge in [-0.2, -0.15) is 5.10 Å². The van der Waals surface area contributed by atoms with Crippen molar-refractivity contribution in [1.29, 1.82) is 0 Å². The van der Waals surface area contributed by atoms with Gasteiger partial charge in [-0.15, -0.1) is 0 Å². The molecule has 5 rings (SSSR count). The Hall–Kier alpha value is -3.70. The fourth-order valence-electron chi connectivity index (χ4n) is 4.84.